The summed E-state index contributed by atoms with van der Waals surface area (Å²) in [5, 5.41) is 7.72. The lowest BCUT2D eigenvalue weighted by atomic mass is 9.89. The molecular weight excluding hydrogens is 252 g/mol. The molecule has 1 aliphatic heterocycles. The Hall–Kier alpha value is -1.36. The number of nitrogens with zero attached hydrogens (tertiary/aromatic N) is 3. The van der Waals surface area contributed by atoms with Gasteiger partial charge in [0, 0.05) is 31.9 Å². The largest absolute Gasteiger partial charge is 0.338 e. The van der Waals surface area contributed by atoms with E-state index < -0.39 is 0 Å². The highest BCUT2D eigenvalue weighted by Crippen LogP contribution is 2.22. The first-order chi connectivity index (χ1) is 9.58. The van der Waals surface area contributed by atoms with Crippen molar-refractivity contribution in [3.63, 3.8) is 0 Å². The van der Waals surface area contributed by atoms with Crippen molar-refractivity contribution in [1.82, 2.24) is 20.0 Å². The molecule has 1 fully saturated rings. The summed E-state index contributed by atoms with van der Waals surface area (Å²) >= 11 is 0. The quantitative estimate of drug-likeness (QED) is 0.909. The van der Waals surface area contributed by atoms with Crippen LogP contribution in [0.15, 0.2) is 6.20 Å². The predicted octanol–water partition coefficient (Wildman–Crippen LogP) is 1.58. The second-order valence-electron chi connectivity index (χ2n) is 5.64. The fraction of sp³-hybridized carbons (Fsp3) is 0.733. The third kappa shape index (κ3) is 2.87. The van der Waals surface area contributed by atoms with Crippen molar-refractivity contribution in [2.45, 2.75) is 39.7 Å². The summed E-state index contributed by atoms with van der Waals surface area (Å²) in [6, 6.07) is 0.545. The summed E-state index contributed by atoms with van der Waals surface area (Å²) in [6.45, 7) is 8.98. The second kappa shape index (κ2) is 6.39. The molecule has 0 spiro atoms. The van der Waals surface area contributed by atoms with Crippen LogP contribution >= 0.6 is 0 Å². The van der Waals surface area contributed by atoms with Crippen LogP contribution in [0.3, 0.4) is 0 Å². The molecule has 1 saturated heterocycles. The maximum atomic E-state index is 12.6. The Morgan fingerprint density at radius 3 is 2.80 bits per heavy atom. The number of aryl methyl sites for hydroxylation is 1. The Bertz CT molecular complexity index is 468. The van der Waals surface area contributed by atoms with Crippen LogP contribution in [-0.2, 0) is 7.05 Å². The summed E-state index contributed by atoms with van der Waals surface area (Å²) in [6.07, 6.45) is 3.83. The van der Waals surface area contributed by atoms with Crippen molar-refractivity contribution >= 4 is 5.91 Å². The van der Waals surface area contributed by atoms with E-state index in [1.807, 2.05) is 18.9 Å². The predicted molar refractivity (Wildman–Crippen MR) is 79.7 cm³/mol. The molecule has 5 heteroatoms. The van der Waals surface area contributed by atoms with Gasteiger partial charge in [0.1, 0.15) is 0 Å². The van der Waals surface area contributed by atoms with Crippen LogP contribution in [0, 0.1) is 12.8 Å². The normalized spacial score (nSPS) is 23.1. The molecule has 2 heterocycles. The Balaban J connectivity index is 2.07. The topological polar surface area (TPSA) is 50.2 Å². The molecule has 1 aromatic heterocycles. The molecule has 0 aromatic carbocycles. The van der Waals surface area contributed by atoms with Gasteiger partial charge in [0.2, 0.25) is 0 Å². The molecule has 1 aromatic rings. The van der Waals surface area contributed by atoms with Crippen LogP contribution in [-0.4, -0.2) is 46.3 Å². The maximum absolute atomic E-state index is 12.6. The number of carbonyl (C=O) groups is 1. The summed E-state index contributed by atoms with van der Waals surface area (Å²) in [5.74, 6) is 0.675. The molecule has 0 aliphatic carbocycles. The van der Waals surface area contributed by atoms with E-state index >= 15 is 0 Å². The van der Waals surface area contributed by atoms with Crippen molar-refractivity contribution in [2.75, 3.05) is 19.6 Å². The van der Waals surface area contributed by atoms with Gasteiger partial charge in [-0.05, 0) is 25.8 Å². The number of rotatable bonds is 4. The van der Waals surface area contributed by atoms with Crippen LogP contribution in [0.4, 0.5) is 0 Å². The molecule has 2 unspecified atom stereocenters. The minimum atomic E-state index is 0.129. The van der Waals surface area contributed by atoms with Gasteiger partial charge in [0.05, 0.1) is 11.8 Å². The third-order valence-electron chi connectivity index (χ3n) is 4.48. The highest BCUT2D eigenvalue weighted by atomic mass is 16.2. The molecule has 1 amide bonds. The molecular formula is C15H26N4O. The van der Waals surface area contributed by atoms with E-state index in [4.69, 9.17) is 0 Å². The lowest BCUT2D eigenvalue weighted by molar-refractivity contribution is 0.0627. The SMILES string of the molecule is CCNC1CCN(C(=O)c2cnn(C)c2C)CC1CC. The number of amides is 1. The standard InChI is InChI=1S/C15H26N4O/c1-5-12-10-19(8-7-14(12)16-6-2)15(20)13-9-17-18(4)11(13)3/h9,12,14,16H,5-8,10H2,1-4H3. The molecule has 1 aliphatic rings. The van der Waals surface area contributed by atoms with Gasteiger partial charge >= 0.3 is 0 Å². The van der Waals surface area contributed by atoms with Gasteiger partial charge in [-0.1, -0.05) is 20.3 Å². The molecule has 20 heavy (non-hydrogen) atoms. The minimum absolute atomic E-state index is 0.129. The molecule has 0 radical (unpaired) electrons. The Morgan fingerprint density at radius 1 is 1.50 bits per heavy atom. The summed E-state index contributed by atoms with van der Waals surface area (Å²) < 4.78 is 1.76. The van der Waals surface area contributed by atoms with Crippen molar-refractivity contribution in [3.05, 3.63) is 17.5 Å². The first-order valence-corrected chi connectivity index (χ1v) is 7.59. The highest BCUT2D eigenvalue weighted by molar-refractivity contribution is 5.95. The molecule has 5 nitrogen and oxygen atoms in total. The number of hydrogen-bond donors (Lipinski definition) is 1. The van der Waals surface area contributed by atoms with E-state index in [9.17, 15) is 4.79 Å². The summed E-state index contributed by atoms with van der Waals surface area (Å²) in [5.41, 5.74) is 1.68. The van der Waals surface area contributed by atoms with Gasteiger partial charge in [-0.2, -0.15) is 5.10 Å². The highest BCUT2D eigenvalue weighted by Gasteiger charge is 2.31. The number of carbonyl (C=O) groups excluding carboxylic acids is 1. The Kier molecular flexibility index (Phi) is 4.81. The average Bonchev–Trinajstić information content (AvgIpc) is 2.79. The van der Waals surface area contributed by atoms with E-state index in [0.717, 1.165) is 43.7 Å². The molecule has 112 valence electrons. The summed E-state index contributed by atoms with van der Waals surface area (Å²) in [4.78, 5) is 14.6. The fourth-order valence-corrected chi connectivity index (χ4v) is 3.04. The second-order valence-corrected chi connectivity index (χ2v) is 5.64. The van der Waals surface area contributed by atoms with E-state index in [2.05, 4.69) is 24.3 Å². The smallest absolute Gasteiger partial charge is 0.257 e. The number of nitrogens with one attached hydrogen (secondary N) is 1. The zero-order valence-electron chi connectivity index (χ0n) is 13.0. The minimum Gasteiger partial charge on any atom is -0.338 e. The zero-order valence-corrected chi connectivity index (χ0v) is 13.0. The van der Waals surface area contributed by atoms with Crippen molar-refractivity contribution in [2.24, 2.45) is 13.0 Å². The number of likely N-dealkylation sites (tertiary alicyclic amines) is 1. The molecule has 1 N–H and O–H groups in total. The molecule has 2 atom stereocenters. The number of aromatic nitrogens is 2. The molecule has 0 bridgehead atoms. The monoisotopic (exact) mass is 278 g/mol. The van der Waals surface area contributed by atoms with Crippen LogP contribution in [0.2, 0.25) is 0 Å². The lowest BCUT2D eigenvalue weighted by Gasteiger charge is -2.38. The lowest BCUT2D eigenvalue weighted by Crippen LogP contribution is -2.50. The van der Waals surface area contributed by atoms with E-state index in [-0.39, 0.29) is 5.91 Å². The van der Waals surface area contributed by atoms with E-state index in [1.165, 1.54) is 0 Å². The van der Waals surface area contributed by atoms with Crippen LogP contribution < -0.4 is 5.32 Å². The van der Waals surface area contributed by atoms with Crippen molar-refractivity contribution < 1.29 is 4.79 Å². The van der Waals surface area contributed by atoms with Gasteiger partial charge in [-0.25, -0.2) is 0 Å². The van der Waals surface area contributed by atoms with Crippen LogP contribution in [0.5, 0.6) is 0 Å². The van der Waals surface area contributed by atoms with Gasteiger partial charge in [-0.3, -0.25) is 9.48 Å². The fourth-order valence-electron chi connectivity index (χ4n) is 3.04. The van der Waals surface area contributed by atoms with Crippen LogP contribution in [0.1, 0.15) is 42.7 Å². The Labute approximate surface area is 121 Å². The first-order valence-electron chi connectivity index (χ1n) is 7.59. The van der Waals surface area contributed by atoms with Gasteiger partial charge in [0.25, 0.3) is 5.91 Å². The number of piperidine rings is 1. The number of hydrogen-bond acceptors (Lipinski definition) is 3. The average molecular weight is 278 g/mol. The van der Waals surface area contributed by atoms with Crippen LogP contribution in [0.25, 0.3) is 0 Å². The first kappa shape index (κ1) is 15.0. The maximum Gasteiger partial charge on any atom is 0.257 e. The van der Waals surface area contributed by atoms with Gasteiger partial charge in [-0.15, -0.1) is 0 Å². The molecule has 0 saturated carbocycles. The van der Waals surface area contributed by atoms with Gasteiger partial charge in [0.15, 0.2) is 0 Å². The van der Waals surface area contributed by atoms with Crippen molar-refractivity contribution in [3.8, 4) is 0 Å². The van der Waals surface area contributed by atoms with E-state index in [0.29, 0.717) is 12.0 Å². The van der Waals surface area contributed by atoms with Gasteiger partial charge < -0.3 is 10.2 Å². The van der Waals surface area contributed by atoms with Crippen molar-refractivity contribution in [1.29, 1.82) is 0 Å². The molecule has 2 rings (SSSR count). The zero-order chi connectivity index (χ0) is 14.7. The summed E-state index contributed by atoms with van der Waals surface area (Å²) in [7, 11) is 1.87. The van der Waals surface area contributed by atoms with E-state index in [1.54, 1.807) is 10.9 Å². The Morgan fingerprint density at radius 2 is 2.25 bits per heavy atom. The third-order valence-corrected chi connectivity index (χ3v) is 4.48.